The lowest BCUT2D eigenvalue weighted by Crippen LogP contribution is -2.38. The van der Waals surface area contributed by atoms with Gasteiger partial charge in [-0.25, -0.2) is 0 Å². The second kappa shape index (κ2) is 5.78. The van der Waals surface area contributed by atoms with Crippen molar-refractivity contribution in [2.75, 3.05) is 27.0 Å². The number of carbonyl (C=O) groups is 1. The van der Waals surface area contributed by atoms with Crippen molar-refractivity contribution in [3.8, 4) is 5.75 Å². The van der Waals surface area contributed by atoms with Crippen molar-refractivity contribution in [3.63, 3.8) is 0 Å². The van der Waals surface area contributed by atoms with Gasteiger partial charge in [-0.1, -0.05) is 23.2 Å². The van der Waals surface area contributed by atoms with Crippen LogP contribution in [0.2, 0.25) is 10.0 Å². The third-order valence-electron chi connectivity index (χ3n) is 2.73. The van der Waals surface area contributed by atoms with Crippen LogP contribution in [0.5, 0.6) is 5.75 Å². The van der Waals surface area contributed by atoms with E-state index in [4.69, 9.17) is 32.7 Å². The molecule has 18 heavy (non-hydrogen) atoms. The van der Waals surface area contributed by atoms with Crippen LogP contribution in [0, 0.1) is 0 Å². The number of carbonyl (C=O) groups excluding carboxylic acids is 1. The summed E-state index contributed by atoms with van der Waals surface area (Å²) in [6.45, 7) is 1.58. The molecule has 0 spiro atoms. The molecule has 1 heterocycles. The highest BCUT2D eigenvalue weighted by atomic mass is 35.5. The van der Waals surface area contributed by atoms with Crippen molar-refractivity contribution in [3.05, 3.63) is 27.7 Å². The van der Waals surface area contributed by atoms with Crippen LogP contribution in [0.25, 0.3) is 0 Å². The molecule has 98 valence electrons. The Morgan fingerprint density at radius 2 is 2.11 bits per heavy atom. The molecule has 1 aromatic carbocycles. The molecule has 4 nitrogen and oxygen atoms in total. The van der Waals surface area contributed by atoms with E-state index >= 15 is 0 Å². The number of hydrogen-bond donors (Lipinski definition) is 0. The molecule has 0 aliphatic carbocycles. The molecule has 0 unspecified atom stereocenters. The van der Waals surface area contributed by atoms with E-state index in [0.29, 0.717) is 28.9 Å². The Kier molecular flexibility index (Phi) is 4.32. The molecule has 1 fully saturated rings. The molecular weight excluding hydrogens is 277 g/mol. The number of hydrogen-bond acceptors (Lipinski definition) is 3. The van der Waals surface area contributed by atoms with Crippen LogP contribution >= 0.6 is 23.2 Å². The van der Waals surface area contributed by atoms with Gasteiger partial charge in [0.05, 0.1) is 23.8 Å². The first kappa shape index (κ1) is 13.5. The Morgan fingerprint density at radius 1 is 1.39 bits per heavy atom. The first-order valence-electron chi connectivity index (χ1n) is 5.54. The molecule has 0 N–H and O–H groups in total. The number of halogens is 2. The second-order valence-electron chi connectivity index (χ2n) is 3.90. The summed E-state index contributed by atoms with van der Waals surface area (Å²) in [5.74, 6) is 0.0822. The van der Waals surface area contributed by atoms with Crippen molar-refractivity contribution >= 4 is 29.1 Å². The Hall–Kier alpha value is -0.970. The Morgan fingerprint density at radius 3 is 2.72 bits per heavy atom. The average Bonchev–Trinajstić information content (AvgIpc) is 2.41. The first-order chi connectivity index (χ1) is 8.65. The summed E-state index contributed by atoms with van der Waals surface area (Å²) in [6.07, 6.45) is 0.812. The first-order valence-corrected chi connectivity index (χ1v) is 6.29. The standard InChI is InChI=1S/C12H13Cl2NO3/c1-17-11-9(14)4-3-8(13)10(11)12(16)15-5-2-6-18-7-15/h3-4H,2,5-7H2,1H3. The molecule has 0 aromatic heterocycles. The quantitative estimate of drug-likeness (QED) is 0.840. The normalized spacial score (nSPS) is 15.6. The van der Waals surface area contributed by atoms with Crippen LogP contribution in [-0.2, 0) is 4.74 Å². The fourth-order valence-electron chi connectivity index (χ4n) is 1.85. The van der Waals surface area contributed by atoms with Gasteiger partial charge in [0.2, 0.25) is 0 Å². The summed E-state index contributed by atoms with van der Waals surface area (Å²) in [6, 6.07) is 3.19. The topological polar surface area (TPSA) is 38.8 Å². The fraction of sp³-hybridized carbons (Fsp3) is 0.417. The highest BCUT2D eigenvalue weighted by molar-refractivity contribution is 6.37. The SMILES string of the molecule is COc1c(Cl)ccc(Cl)c1C(=O)N1CCCOC1. The number of amides is 1. The van der Waals surface area contributed by atoms with Gasteiger partial charge >= 0.3 is 0 Å². The van der Waals surface area contributed by atoms with Crippen LogP contribution < -0.4 is 4.74 Å². The van der Waals surface area contributed by atoms with E-state index in [0.717, 1.165) is 6.42 Å². The molecular formula is C12H13Cl2NO3. The van der Waals surface area contributed by atoms with Gasteiger partial charge in [-0.15, -0.1) is 0 Å². The summed E-state index contributed by atoms with van der Waals surface area (Å²) in [5, 5.41) is 0.690. The van der Waals surface area contributed by atoms with E-state index in [2.05, 4.69) is 0 Å². The largest absolute Gasteiger partial charge is 0.494 e. The Bertz CT molecular complexity index is 459. The lowest BCUT2D eigenvalue weighted by Gasteiger charge is -2.27. The zero-order chi connectivity index (χ0) is 13.1. The summed E-state index contributed by atoms with van der Waals surface area (Å²) >= 11 is 12.1. The van der Waals surface area contributed by atoms with Gasteiger partial charge in [-0.3, -0.25) is 4.79 Å². The van der Waals surface area contributed by atoms with Gasteiger partial charge in [0.15, 0.2) is 5.75 Å². The Labute approximate surface area is 115 Å². The van der Waals surface area contributed by atoms with Crippen LogP contribution in [0.15, 0.2) is 12.1 Å². The second-order valence-corrected chi connectivity index (χ2v) is 4.71. The molecule has 1 aliphatic rings. The minimum atomic E-state index is -0.223. The van der Waals surface area contributed by atoms with E-state index in [1.54, 1.807) is 17.0 Å². The average molecular weight is 290 g/mol. The molecule has 1 aromatic rings. The van der Waals surface area contributed by atoms with E-state index in [9.17, 15) is 4.79 Å². The third kappa shape index (κ3) is 2.55. The predicted molar refractivity (Wildman–Crippen MR) is 69.5 cm³/mol. The summed E-state index contributed by atoms with van der Waals surface area (Å²) in [4.78, 5) is 14.0. The zero-order valence-electron chi connectivity index (χ0n) is 9.91. The number of benzene rings is 1. The lowest BCUT2D eigenvalue weighted by atomic mass is 10.1. The van der Waals surface area contributed by atoms with E-state index in [-0.39, 0.29) is 18.2 Å². The number of methoxy groups -OCH3 is 1. The maximum Gasteiger partial charge on any atom is 0.261 e. The van der Waals surface area contributed by atoms with Crippen LogP contribution in [0.3, 0.4) is 0 Å². The summed E-state index contributed by atoms with van der Waals surface area (Å²) < 4.78 is 10.4. The van der Waals surface area contributed by atoms with Gasteiger partial charge < -0.3 is 14.4 Å². The summed E-state index contributed by atoms with van der Waals surface area (Å²) in [5.41, 5.74) is 0.289. The smallest absolute Gasteiger partial charge is 0.261 e. The molecule has 0 saturated carbocycles. The predicted octanol–water partition coefficient (Wildman–Crippen LogP) is 2.82. The van der Waals surface area contributed by atoms with E-state index in [1.165, 1.54) is 7.11 Å². The van der Waals surface area contributed by atoms with Crippen molar-refractivity contribution < 1.29 is 14.3 Å². The lowest BCUT2D eigenvalue weighted by molar-refractivity contribution is -0.00584. The molecule has 0 radical (unpaired) electrons. The van der Waals surface area contributed by atoms with Gasteiger partial charge in [0.1, 0.15) is 12.3 Å². The molecule has 6 heteroatoms. The van der Waals surface area contributed by atoms with Crippen molar-refractivity contribution in [2.24, 2.45) is 0 Å². The molecule has 1 amide bonds. The molecule has 0 atom stereocenters. The van der Waals surface area contributed by atoms with Crippen LogP contribution in [0.4, 0.5) is 0 Å². The minimum Gasteiger partial charge on any atom is -0.494 e. The van der Waals surface area contributed by atoms with Crippen molar-refractivity contribution in [2.45, 2.75) is 6.42 Å². The number of rotatable bonds is 2. The fourth-order valence-corrected chi connectivity index (χ4v) is 2.31. The van der Waals surface area contributed by atoms with Crippen LogP contribution in [-0.4, -0.2) is 37.8 Å². The summed E-state index contributed by atoms with van der Waals surface area (Å²) in [7, 11) is 1.46. The number of ether oxygens (including phenoxy) is 2. The molecule has 0 bridgehead atoms. The monoisotopic (exact) mass is 289 g/mol. The maximum absolute atomic E-state index is 12.4. The van der Waals surface area contributed by atoms with Crippen molar-refractivity contribution in [1.29, 1.82) is 0 Å². The number of nitrogens with zero attached hydrogens (tertiary/aromatic N) is 1. The maximum atomic E-state index is 12.4. The van der Waals surface area contributed by atoms with Gasteiger partial charge in [0, 0.05) is 6.54 Å². The van der Waals surface area contributed by atoms with Gasteiger partial charge in [-0.2, -0.15) is 0 Å². The van der Waals surface area contributed by atoms with Gasteiger partial charge in [-0.05, 0) is 18.6 Å². The highest BCUT2D eigenvalue weighted by Crippen LogP contribution is 2.34. The zero-order valence-corrected chi connectivity index (χ0v) is 11.4. The van der Waals surface area contributed by atoms with Gasteiger partial charge in [0.25, 0.3) is 5.91 Å². The minimum absolute atomic E-state index is 0.223. The van der Waals surface area contributed by atoms with Crippen molar-refractivity contribution in [1.82, 2.24) is 4.90 Å². The van der Waals surface area contributed by atoms with Crippen LogP contribution in [0.1, 0.15) is 16.8 Å². The molecule has 1 aliphatic heterocycles. The molecule has 2 rings (SSSR count). The van der Waals surface area contributed by atoms with E-state index in [1.807, 2.05) is 0 Å². The highest BCUT2D eigenvalue weighted by Gasteiger charge is 2.25. The third-order valence-corrected chi connectivity index (χ3v) is 3.34. The van der Waals surface area contributed by atoms with E-state index < -0.39 is 0 Å². The Balaban J connectivity index is 2.36. The molecule has 1 saturated heterocycles.